The molecule has 2 aromatic carbocycles. The molecule has 2 N–H and O–H groups in total. The van der Waals surface area contributed by atoms with E-state index in [-0.39, 0.29) is 0 Å². The van der Waals surface area contributed by atoms with E-state index in [4.69, 9.17) is 9.40 Å². The lowest BCUT2D eigenvalue weighted by atomic mass is 10.0. The summed E-state index contributed by atoms with van der Waals surface area (Å²) in [4.78, 5) is 18.1. The Labute approximate surface area is 254 Å². The Balaban J connectivity index is 1.40. The van der Waals surface area contributed by atoms with Crippen molar-refractivity contribution in [3.05, 3.63) is 97.7 Å². The molecule has 0 saturated heterocycles. The fourth-order valence-electron chi connectivity index (χ4n) is 5.10. The molecule has 0 atom stereocenters. The molecule has 11 heteroatoms. The van der Waals surface area contributed by atoms with Crippen molar-refractivity contribution >= 4 is 50.3 Å². The first-order chi connectivity index (χ1) is 20.4. The maximum absolute atomic E-state index is 12.2. The van der Waals surface area contributed by atoms with Gasteiger partial charge in [0, 0.05) is 46.3 Å². The molecule has 4 aromatic heterocycles. The number of tetrazole rings is 1. The van der Waals surface area contributed by atoms with Crippen molar-refractivity contribution in [3.63, 3.8) is 0 Å². The second-order valence-corrected chi connectivity index (χ2v) is 11.8. The number of aromatic amines is 1. The van der Waals surface area contributed by atoms with Crippen LogP contribution < -0.4 is 0 Å². The lowest BCUT2D eigenvalue weighted by Crippen LogP contribution is -2.09. The normalized spacial score (nSPS) is 11.9. The molecular formula is C31H27BrN6O3S. The van der Waals surface area contributed by atoms with Crippen LogP contribution in [0.2, 0.25) is 0 Å². The highest BCUT2D eigenvalue weighted by Crippen LogP contribution is 2.41. The lowest BCUT2D eigenvalue weighted by Gasteiger charge is -2.12. The van der Waals surface area contributed by atoms with E-state index < -0.39 is 5.97 Å². The number of carbonyl (C=O) groups is 1. The zero-order chi connectivity index (χ0) is 29.2. The van der Waals surface area contributed by atoms with Gasteiger partial charge in [-0.2, -0.15) is 0 Å². The highest BCUT2D eigenvalue weighted by Gasteiger charge is 2.21. The molecule has 42 heavy (non-hydrogen) atoms. The van der Waals surface area contributed by atoms with E-state index in [0.29, 0.717) is 30.1 Å². The number of carboxylic acid groups (broad SMARTS) is 1. The van der Waals surface area contributed by atoms with Crippen LogP contribution in [0.3, 0.4) is 0 Å². The number of benzene rings is 2. The van der Waals surface area contributed by atoms with E-state index in [2.05, 4.69) is 54.1 Å². The van der Waals surface area contributed by atoms with Crippen LogP contribution in [-0.4, -0.2) is 41.3 Å². The van der Waals surface area contributed by atoms with Gasteiger partial charge in [-0.15, -0.1) is 16.4 Å². The third-order valence-electron chi connectivity index (χ3n) is 7.08. The summed E-state index contributed by atoms with van der Waals surface area (Å²) < 4.78 is 9.30. The van der Waals surface area contributed by atoms with Crippen molar-refractivity contribution in [2.75, 3.05) is 0 Å². The third-order valence-corrected chi connectivity index (χ3v) is 8.74. The number of nitrogens with one attached hydrogen (secondary N) is 1. The van der Waals surface area contributed by atoms with E-state index >= 15 is 0 Å². The first-order valence-electron chi connectivity index (χ1n) is 13.5. The Morgan fingerprint density at radius 1 is 1.17 bits per heavy atom. The molecule has 0 aliphatic rings. The number of hydrogen-bond donors (Lipinski definition) is 2. The minimum Gasteiger partial charge on any atom is -0.478 e. The second kappa shape index (κ2) is 11.9. The highest BCUT2D eigenvalue weighted by atomic mass is 79.9. The molecular weight excluding hydrogens is 616 g/mol. The fourth-order valence-corrected chi connectivity index (χ4v) is 6.44. The number of aromatic nitrogens is 6. The van der Waals surface area contributed by atoms with Gasteiger partial charge in [-0.05, 0) is 74.9 Å². The van der Waals surface area contributed by atoms with E-state index in [1.807, 2.05) is 60.8 Å². The number of imidazole rings is 1. The summed E-state index contributed by atoms with van der Waals surface area (Å²) in [5, 5.41) is 27.3. The van der Waals surface area contributed by atoms with Gasteiger partial charge in [-0.25, -0.2) is 14.9 Å². The standard InChI is InChI=1S/C31H27BrN6O3S/c1-3-7-27-33-18(2)25(16-20(31(39)40)15-21-8-6-13-42-21)38(27)17-19-11-12-26-24(14-19)28(32)29(41-26)22-9-4-5-10-23(22)30-34-36-37-35-30/h4-6,8-14,16H,3,7,15,17H2,1-2H3,(H,39,40)(H,34,35,36,37)/b20-16+. The highest BCUT2D eigenvalue weighted by molar-refractivity contribution is 9.10. The van der Waals surface area contributed by atoms with Crippen molar-refractivity contribution in [2.24, 2.45) is 0 Å². The SMILES string of the molecule is CCCc1nc(C)c(/C=C(\Cc2cccs2)C(=O)O)n1Cc1ccc2oc(-c3ccccc3-c3nnn[nH]3)c(Br)c2c1. The number of hydrogen-bond acceptors (Lipinski definition) is 7. The maximum Gasteiger partial charge on any atom is 0.332 e. The minimum atomic E-state index is -0.926. The summed E-state index contributed by atoms with van der Waals surface area (Å²) in [7, 11) is 0. The van der Waals surface area contributed by atoms with Gasteiger partial charge in [-0.1, -0.05) is 43.3 Å². The molecule has 4 heterocycles. The van der Waals surface area contributed by atoms with Crippen molar-refractivity contribution < 1.29 is 14.3 Å². The number of H-pyrrole nitrogens is 1. The number of nitrogens with zero attached hydrogens (tertiary/aromatic N) is 5. The maximum atomic E-state index is 12.2. The van der Waals surface area contributed by atoms with Crippen LogP contribution in [0.5, 0.6) is 0 Å². The third kappa shape index (κ3) is 5.45. The molecule has 0 radical (unpaired) electrons. The zero-order valence-corrected chi connectivity index (χ0v) is 25.4. The summed E-state index contributed by atoms with van der Waals surface area (Å²) in [6.45, 7) is 4.60. The number of carboxylic acids is 1. The fraction of sp³-hybridized carbons (Fsp3) is 0.194. The number of furan rings is 1. The van der Waals surface area contributed by atoms with Gasteiger partial charge >= 0.3 is 5.97 Å². The molecule has 0 aliphatic carbocycles. The summed E-state index contributed by atoms with van der Waals surface area (Å²) in [6.07, 6.45) is 3.86. The number of halogens is 1. The van der Waals surface area contributed by atoms with Crippen LogP contribution in [0.1, 0.15) is 41.0 Å². The van der Waals surface area contributed by atoms with E-state index in [1.54, 1.807) is 17.4 Å². The van der Waals surface area contributed by atoms with Crippen LogP contribution >= 0.6 is 27.3 Å². The van der Waals surface area contributed by atoms with Crippen LogP contribution in [0, 0.1) is 6.92 Å². The average molecular weight is 644 g/mol. The number of aryl methyl sites for hydroxylation is 2. The largest absolute Gasteiger partial charge is 0.478 e. The van der Waals surface area contributed by atoms with Crippen molar-refractivity contribution in [1.29, 1.82) is 0 Å². The molecule has 0 amide bonds. The number of thiophene rings is 1. The average Bonchev–Trinajstić information content (AvgIpc) is 3.79. The van der Waals surface area contributed by atoms with Gasteiger partial charge < -0.3 is 14.1 Å². The molecule has 9 nitrogen and oxygen atoms in total. The Morgan fingerprint density at radius 2 is 2.00 bits per heavy atom. The molecule has 212 valence electrons. The molecule has 0 fully saturated rings. The predicted octanol–water partition coefficient (Wildman–Crippen LogP) is 7.32. The molecule has 0 saturated carbocycles. The Morgan fingerprint density at radius 3 is 2.71 bits per heavy atom. The summed E-state index contributed by atoms with van der Waals surface area (Å²) in [6, 6.07) is 17.8. The van der Waals surface area contributed by atoms with Gasteiger partial charge in [0.15, 0.2) is 5.82 Å². The monoisotopic (exact) mass is 642 g/mol. The van der Waals surface area contributed by atoms with Crippen LogP contribution in [0.15, 0.2) is 74.4 Å². The number of aliphatic carboxylic acids is 1. The zero-order valence-electron chi connectivity index (χ0n) is 23.0. The Bertz CT molecular complexity index is 1900. The molecule has 0 aliphatic heterocycles. The van der Waals surface area contributed by atoms with E-state index in [0.717, 1.165) is 67.1 Å². The first-order valence-corrected chi connectivity index (χ1v) is 15.2. The Kier molecular flexibility index (Phi) is 7.86. The minimum absolute atomic E-state index is 0.336. The van der Waals surface area contributed by atoms with Gasteiger partial charge in [0.05, 0.1) is 15.9 Å². The van der Waals surface area contributed by atoms with Crippen LogP contribution in [-0.2, 0) is 24.2 Å². The quantitative estimate of drug-likeness (QED) is 0.150. The Hall–Kier alpha value is -4.35. The smallest absolute Gasteiger partial charge is 0.332 e. The second-order valence-electron chi connectivity index (χ2n) is 9.94. The molecule has 6 aromatic rings. The van der Waals surface area contributed by atoms with Crippen molar-refractivity contribution in [2.45, 2.75) is 39.7 Å². The molecule has 0 spiro atoms. The summed E-state index contributed by atoms with van der Waals surface area (Å²) in [5.41, 5.74) is 5.44. The topological polar surface area (TPSA) is 123 Å². The summed E-state index contributed by atoms with van der Waals surface area (Å²) >= 11 is 5.35. The van der Waals surface area contributed by atoms with Gasteiger partial charge in [0.1, 0.15) is 17.2 Å². The molecule has 0 unspecified atom stereocenters. The summed E-state index contributed by atoms with van der Waals surface area (Å²) in [5.74, 6) is 1.24. The first kappa shape index (κ1) is 27.8. The number of rotatable bonds is 10. The van der Waals surface area contributed by atoms with Crippen molar-refractivity contribution in [3.8, 4) is 22.7 Å². The van der Waals surface area contributed by atoms with Crippen LogP contribution in [0.25, 0.3) is 39.8 Å². The number of fused-ring (bicyclic) bond motifs is 1. The van der Waals surface area contributed by atoms with Crippen molar-refractivity contribution in [1.82, 2.24) is 30.2 Å². The van der Waals surface area contributed by atoms with Gasteiger partial charge in [0.25, 0.3) is 0 Å². The lowest BCUT2D eigenvalue weighted by molar-refractivity contribution is -0.132. The molecule has 6 rings (SSSR count). The van der Waals surface area contributed by atoms with E-state index in [9.17, 15) is 9.90 Å². The van der Waals surface area contributed by atoms with Gasteiger partial charge in [-0.3, -0.25) is 0 Å². The predicted molar refractivity (Wildman–Crippen MR) is 166 cm³/mol. The van der Waals surface area contributed by atoms with E-state index in [1.165, 1.54) is 0 Å². The van der Waals surface area contributed by atoms with Crippen LogP contribution in [0.4, 0.5) is 0 Å². The van der Waals surface area contributed by atoms with Gasteiger partial charge in [0.2, 0.25) is 0 Å². The molecule has 0 bridgehead atoms.